The number of unbranched alkanes of at least 4 members (excludes halogenated alkanes) is 15. The Balaban J connectivity index is 1.07. The van der Waals surface area contributed by atoms with Gasteiger partial charge in [-0.1, -0.05) is 147 Å². The predicted octanol–water partition coefficient (Wildman–Crippen LogP) is 11.1. The van der Waals surface area contributed by atoms with Crippen LogP contribution in [0.15, 0.2) is 48.5 Å². The second kappa shape index (κ2) is 22.2. The fraction of sp³-hybridized carbons (Fsp3) is 0.610. The van der Waals surface area contributed by atoms with E-state index in [1.165, 1.54) is 102 Å². The number of aryl methyl sites for hydroxylation is 2. The first-order valence-corrected chi connectivity index (χ1v) is 19.4. The smallest absolute Gasteiger partial charge is 0.218 e. The molecule has 270 valence electrons. The Hall–Kier alpha value is -3.52. The lowest BCUT2D eigenvalue weighted by atomic mass is 10.0. The molecule has 4 aromatic rings. The van der Waals surface area contributed by atoms with Crippen molar-refractivity contribution in [2.24, 2.45) is 0 Å². The van der Waals surface area contributed by atoms with Gasteiger partial charge in [0.15, 0.2) is 23.1 Å². The van der Waals surface area contributed by atoms with Gasteiger partial charge in [0.05, 0.1) is 12.3 Å². The molecule has 0 radical (unpaired) electrons. The number of hydrogen-bond donors (Lipinski definition) is 2. The lowest BCUT2D eigenvalue weighted by Crippen LogP contribution is -2.25. The average Bonchev–Trinajstić information content (AvgIpc) is 3.68. The van der Waals surface area contributed by atoms with Crippen LogP contribution in [-0.2, 0) is 6.42 Å². The van der Waals surface area contributed by atoms with Crippen LogP contribution in [-0.4, -0.2) is 39.7 Å². The van der Waals surface area contributed by atoms with Gasteiger partial charge in [-0.3, -0.25) is 10.4 Å². The summed E-state index contributed by atoms with van der Waals surface area (Å²) in [7, 11) is 0. The van der Waals surface area contributed by atoms with E-state index < -0.39 is 0 Å². The SMILES string of the molecule is CCCCCCCCCCCCCCCCCCOc1ccccc1OCNCC(C)c1nc2c(Oc3ccc(C)cc3)c(CC)[nH]n2n1. The highest BCUT2D eigenvalue weighted by atomic mass is 16.5. The van der Waals surface area contributed by atoms with Crippen LogP contribution in [0.2, 0.25) is 0 Å². The highest BCUT2D eigenvalue weighted by Crippen LogP contribution is 2.31. The quantitative estimate of drug-likeness (QED) is 0.0484. The second-order valence-electron chi connectivity index (χ2n) is 13.6. The zero-order valence-corrected chi connectivity index (χ0v) is 30.9. The first-order chi connectivity index (χ1) is 24.1. The van der Waals surface area contributed by atoms with Crippen LogP contribution in [0.3, 0.4) is 0 Å². The summed E-state index contributed by atoms with van der Waals surface area (Å²) in [5.74, 6) is 3.90. The van der Waals surface area contributed by atoms with Gasteiger partial charge in [-0.05, 0) is 44.0 Å². The molecule has 0 aliphatic rings. The van der Waals surface area contributed by atoms with Gasteiger partial charge in [-0.2, -0.15) is 0 Å². The number of hydrogen-bond acceptors (Lipinski definition) is 6. The van der Waals surface area contributed by atoms with Crippen LogP contribution in [0.25, 0.3) is 5.65 Å². The summed E-state index contributed by atoms with van der Waals surface area (Å²) in [5, 5.41) is 11.4. The summed E-state index contributed by atoms with van der Waals surface area (Å²) in [6, 6.07) is 16.0. The van der Waals surface area contributed by atoms with Gasteiger partial charge in [0.25, 0.3) is 0 Å². The zero-order chi connectivity index (χ0) is 34.5. The molecular formula is C41H63N5O3. The second-order valence-corrected chi connectivity index (χ2v) is 13.6. The molecular weight excluding hydrogens is 610 g/mol. The minimum absolute atomic E-state index is 0.0793. The number of ether oxygens (including phenoxy) is 3. The lowest BCUT2D eigenvalue weighted by molar-refractivity contribution is 0.246. The molecule has 2 N–H and O–H groups in total. The molecule has 8 heteroatoms. The molecule has 1 atom stereocenters. The third-order valence-electron chi connectivity index (χ3n) is 9.26. The summed E-state index contributed by atoms with van der Waals surface area (Å²) < 4.78 is 20.1. The van der Waals surface area contributed by atoms with E-state index in [0.29, 0.717) is 18.9 Å². The molecule has 0 bridgehead atoms. The van der Waals surface area contributed by atoms with Crippen molar-refractivity contribution in [2.75, 3.05) is 19.9 Å². The van der Waals surface area contributed by atoms with Gasteiger partial charge in [0, 0.05) is 12.5 Å². The van der Waals surface area contributed by atoms with Crippen LogP contribution in [0.4, 0.5) is 0 Å². The first kappa shape index (κ1) is 38.3. The Kier molecular flexibility index (Phi) is 17.4. The standard InChI is InChI=1S/C41H63N5O3/c1-5-7-8-9-10-11-12-13-14-15-16-17-18-19-20-23-30-47-37-24-21-22-25-38(37)48-32-42-31-34(4)40-43-41-39(36(6-2)44-46(41)45-40)49-35-28-26-33(3)27-29-35/h21-22,24-29,34,42,44H,5-20,23,30-32H2,1-4H3. The first-order valence-electron chi connectivity index (χ1n) is 19.4. The number of H-pyrrole nitrogens is 1. The molecule has 0 spiro atoms. The van der Waals surface area contributed by atoms with E-state index in [1.807, 2.05) is 48.5 Å². The molecule has 0 aliphatic carbocycles. The lowest BCUT2D eigenvalue weighted by Gasteiger charge is -2.14. The normalized spacial score (nSPS) is 12.1. The maximum absolute atomic E-state index is 6.25. The number of aromatic amines is 1. The highest BCUT2D eigenvalue weighted by molar-refractivity contribution is 5.58. The molecule has 0 saturated carbocycles. The molecule has 0 aliphatic heterocycles. The summed E-state index contributed by atoms with van der Waals surface area (Å²) in [4.78, 5) is 4.84. The fourth-order valence-electron chi connectivity index (χ4n) is 6.16. The monoisotopic (exact) mass is 673 g/mol. The predicted molar refractivity (Wildman–Crippen MR) is 201 cm³/mol. The van der Waals surface area contributed by atoms with Crippen LogP contribution in [0.1, 0.15) is 147 Å². The van der Waals surface area contributed by atoms with Crippen molar-refractivity contribution in [1.29, 1.82) is 0 Å². The molecule has 0 fully saturated rings. The molecule has 2 aromatic carbocycles. The number of fused-ring (bicyclic) bond motifs is 1. The van der Waals surface area contributed by atoms with Crippen molar-refractivity contribution in [2.45, 2.75) is 143 Å². The van der Waals surface area contributed by atoms with Gasteiger partial charge >= 0.3 is 0 Å². The summed E-state index contributed by atoms with van der Waals surface area (Å²) >= 11 is 0. The average molecular weight is 674 g/mol. The third kappa shape index (κ3) is 13.4. The van der Waals surface area contributed by atoms with Crippen molar-refractivity contribution < 1.29 is 14.2 Å². The Morgan fingerprint density at radius 2 is 1.31 bits per heavy atom. The topological polar surface area (TPSA) is 85.7 Å². The number of aromatic nitrogens is 4. The Morgan fingerprint density at radius 3 is 1.90 bits per heavy atom. The van der Waals surface area contributed by atoms with Crippen molar-refractivity contribution in [3.8, 4) is 23.0 Å². The van der Waals surface area contributed by atoms with Crippen LogP contribution < -0.4 is 19.5 Å². The maximum Gasteiger partial charge on any atom is 0.218 e. The molecule has 49 heavy (non-hydrogen) atoms. The van der Waals surface area contributed by atoms with Crippen molar-refractivity contribution in [3.63, 3.8) is 0 Å². The van der Waals surface area contributed by atoms with Crippen LogP contribution >= 0.6 is 0 Å². The van der Waals surface area contributed by atoms with E-state index >= 15 is 0 Å². The molecule has 0 saturated heterocycles. The molecule has 0 amide bonds. The maximum atomic E-state index is 6.25. The largest absolute Gasteiger partial charge is 0.490 e. The van der Waals surface area contributed by atoms with E-state index in [1.54, 1.807) is 4.63 Å². The summed E-state index contributed by atoms with van der Waals surface area (Å²) in [6.07, 6.45) is 22.7. The van der Waals surface area contributed by atoms with E-state index in [-0.39, 0.29) is 5.92 Å². The summed E-state index contributed by atoms with van der Waals surface area (Å²) in [5.41, 5.74) is 2.86. The van der Waals surface area contributed by atoms with Gasteiger partial charge in [-0.25, -0.2) is 4.98 Å². The van der Waals surface area contributed by atoms with Crippen molar-refractivity contribution in [3.05, 3.63) is 65.6 Å². The third-order valence-corrected chi connectivity index (χ3v) is 9.26. The van der Waals surface area contributed by atoms with Crippen molar-refractivity contribution >= 4 is 5.65 Å². The number of benzene rings is 2. The minimum Gasteiger partial charge on any atom is -0.490 e. The Bertz CT molecular complexity index is 1450. The van der Waals surface area contributed by atoms with Crippen molar-refractivity contribution in [1.82, 2.24) is 25.1 Å². The van der Waals surface area contributed by atoms with E-state index in [0.717, 1.165) is 54.0 Å². The van der Waals surface area contributed by atoms with E-state index in [2.05, 4.69) is 38.1 Å². The number of rotatable bonds is 27. The molecule has 2 aromatic heterocycles. The van der Waals surface area contributed by atoms with Gasteiger partial charge in [0.1, 0.15) is 12.5 Å². The van der Waals surface area contributed by atoms with Gasteiger partial charge < -0.3 is 14.2 Å². The fourth-order valence-corrected chi connectivity index (χ4v) is 6.16. The number of nitrogens with zero attached hydrogens (tertiary/aromatic N) is 3. The Labute approximate surface area is 295 Å². The van der Waals surface area contributed by atoms with Crippen LogP contribution in [0, 0.1) is 6.92 Å². The van der Waals surface area contributed by atoms with Gasteiger partial charge in [-0.15, -0.1) is 9.73 Å². The zero-order valence-electron chi connectivity index (χ0n) is 30.9. The number of para-hydroxylation sites is 2. The summed E-state index contributed by atoms with van der Waals surface area (Å²) in [6.45, 7) is 10.3. The minimum atomic E-state index is 0.0793. The molecule has 1 unspecified atom stereocenters. The molecule has 4 rings (SSSR count). The van der Waals surface area contributed by atoms with E-state index in [4.69, 9.17) is 24.3 Å². The van der Waals surface area contributed by atoms with Crippen LogP contribution in [0.5, 0.6) is 23.0 Å². The highest BCUT2D eigenvalue weighted by Gasteiger charge is 2.20. The molecule has 8 nitrogen and oxygen atoms in total. The number of nitrogens with one attached hydrogen (secondary N) is 2. The molecule has 2 heterocycles. The van der Waals surface area contributed by atoms with E-state index in [9.17, 15) is 0 Å². The van der Waals surface area contributed by atoms with Gasteiger partial charge in [0.2, 0.25) is 5.65 Å². The Morgan fingerprint density at radius 1 is 0.735 bits per heavy atom.